The number of hydrogen-bond donors (Lipinski definition) is 1. The Hall–Kier alpha value is -2.17. The van der Waals surface area contributed by atoms with Crippen molar-refractivity contribution in [2.75, 3.05) is 0 Å². The SMILES string of the molecule is Cn1c(C2CC2)nc(C=C2C=NC3N=CC=CC23)c1O. The smallest absolute Gasteiger partial charge is 0.218 e. The average molecular weight is 268 g/mol. The van der Waals surface area contributed by atoms with Gasteiger partial charge in [-0.25, -0.2) is 4.98 Å². The number of rotatable bonds is 2. The van der Waals surface area contributed by atoms with Crippen molar-refractivity contribution >= 4 is 18.5 Å². The molecule has 3 aliphatic rings. The summed E-state index contributed by atoms with van der Waals surface area (Å²) in [6.45, 7) is 0. The lowest BCUT2D eigenvalue weighted by molar-refractivity contribution is 0.427. The molecular weight excluding hydrogens is 252 g/mol. The van der Waals surface area contributed by atoms with Gasteiger partial charge in [0.2, 0.25) is 5.88 Å². The number of imidazole rings is 1. The molecule has 0 saturated heterocycles. The first-order valence-electron chi connectivity index (χ1n) is 6.94. The molecule has 1 saturated carbocycles. The number of aromatic hydroxyl groups is 1. The van der Waals surface area contributed by atoms with E-state index in [0.29, 0.717) is 11.6 Å². The molecule has 3 heterocycles. The number of aliphatic imine (C=N–C) groups is 2. The van der Waals surface area contributed by atoms with Crippen LogP contribution in [-0.4, -0.2) is 33.3 Å². The number of allylic oxidation sites excluding steroid dienone is 1. The lowest BCUT2D eigenvalue weighted by Gasteiger charge is -2.13. The topological polar surface area (TPSA) is 62.8 Å². The van der Waals surface area contributed by atoms with Crippen LogP contribution < -0.4 is 0 Å². The van der Waals surface area contributed by atoms with Crippen molar-refractivity contribution < 1.29 is 5.11 Å². The second-order valence-electron chi connectivity index (χ2n) is 5.56. The lowest BCUT2D eigenvalue weighted by Crippen LogP contribution is -2.13. The Bertz CT molecular complexity index is 676. The van der Waals surface area contributed by atoms with E-state index in [-0.39, 0.29) is 18.0 Å². The summed E-state index contributed by atoms with van der Waals surface area (Å²) in [5.41, 5.74) is 1.69. The quantitative estimate of drug-likeness (QED) is 0.892. The zero-order valence-corrected chi connectivity index (χ0v) is 11.3. The zero-order valence-electron chi connectivity index (χ0n) is 11.3. The third-order valence-electron chi connectivity index (χ3n) is 4.10. The summed E-state index contributed by atoms with van der Waals surface area (Å²) in [6.07, 6.45) is 11.9. The molecule has 2 unspecified atom stereocenters. The number of fused-ring (bicyclic) bond motifs is 1. The Morgan fingerprint density at radius 2 is 2.20 bits per heavy atom. The molecule has 2 atom stereocenters. The van der Waals surface area contributed by atoms with Gasteiger partial charge in [0.15, 0.2) is 0 Å². The van der Waals surface area contributed by atoms with Crippen molar-refractivity contribution in [3.63, 3.8) is 0 Å². The predicted octanol–water partition coefficient (Wildman–Crippen LogP) is 2.05. The van der Waals surface area contributed by atoms with E-state index < -0.39 is 0 Å². The highest BCUT2D eigenvalue weighted by Gasteiger charge is 2.31. The Kier molecular flexibility index (Phi) is 2.42. The van der Waals surface area contributed by atoms with Crippen molar-refractivity contribution in [2.45, 2.75) is 24.9 Å². The molecule has 1 aromatic heterocycles. The molecule has 1 fully saturated rings. The van der Waals surface area contributed by atoms with Crippen LogP contribution >= 0.6 is 0 Å². The summed E-state index contributed by atoms with van der Waals surface area (Å²) in [5.74, 6) is 1.91. The monoisotopic (exact) mass is 268 g/mol. The van der Waals surface area contributed by atoms with E-state index >= 15 is 0 Å². The molecule has 0 bridgehead atoms. The first-order chi connectivity index (χ1) is 9.74. The predicted molar refractivity (Wildman–Crippen MR) is 78.2 cm³/mol. The Morgan fingerprint density at radius 1 is 1.35 bits per heavy atom. The molecule has 5 nitrogen and oxygen atoms in total. The van der Waals surface area contributed by atoms with Crippen molar-refractivity contribution in [3.8, 4) is 5.88 Å². The minimum Gasteiger partial charge on any atom is -0.493 e. The number of nitrogens with zero attached hydrogens (tertiary/aromatic N) is 4. The summed E-state index contributed by atoms with van der Waals surface area (Å²) in [5, 5.41) is 10.2. The normalized spacial score (nSPS) is 29.4. The van der Waals surface area contributed by atoms with Crippen molar-refractivity contribution in [1.82, 2.24) is 9.55 Å². The van der Waals surface area contributed by atoms with Gasteiger partial charge in [-0.1, -0.05) is 6.08 Å². The van der Waals surface area contributed by atoms with Gasteiger partial charge < -0.3 is 9.67 Å². The molecule has 0 amide bonds. The molecule has 4 rings (SSSR count). The maximum Gasteiger partial charge on any atom is 0.218 e. The summed E-state index contributed by atoms with van der Waals surface area (Å²) in [6, 6.07) is 0. The summed E-state index contributed by atoms with van der Waals surface area (Å²) < 4.78 is 1.79. The van der Waals surface area contributed by atoms with Gasteiger partial charge in [-0.05, 0) is 30.6 Å². The van der Waals surface area contributed by atoms with Gasteiger partial charge >= 0.3 is 0 Å². The molecule has 5 heteroatoms. The van der Waals surface area contributed by atoms with E-state index in [1.807, 2.05) is 25.4 Å². The molecule has 102 valence electrons. The molecule has 2 aliphatic heterocycles. The van der Waals surface area contributed by atoms with E-state index in [2.05, 4.69) is 21.0 Å². The molecule has 0 spiro atoms. The van der Waals surface area contributed by atoms with Gasteiger partial charge in [0.25, 0.3) is 0 Å². The van der Waals surface area contributed by atoms with Crippen LogP contribution in [0.4, 0.5) is 0 Å². The average Bonchev–Trinajstić information content (AvgIpc) is 3.18. The largest absolute Gasteiger partial charge is 0.493 e. The highest BCUT2D eigenvalue weighted by molar-refractivity contribution is 5.90. The Balaban J connectivity index is 1.70. The van der Waals surface area contributed by atoms with Crippen molar-refractivity contribution in [3.05, 3.63) is 29.2 Å². The van der Waals surface area contributed by atoms with E-state index in [1.54, 1.807) is 10.8 Å². The fraction of sp³-hybridized carbons (Fsp3) is 0.400. The van der Waals surface area contributed by atoms with Crippen LogP contribution in [0.15, 0.2) is 27.7 Å². The van der Waals surface area contributed by atoms with Gasteiger partial charge in [-0.15, -0.1) is 0 Å². The van der Waals surface area contributed by atoms with Crippen molar-refractivity contribution in [1.29, 1.82) is 0 Å². The van der Waals surface area contributed by atoms with Gasteiger partial charge in [-0.2, -0.15) is 0 Å². The van der Waals surface area contributed by atoms with E-state index in [4.69, 9.17) is 0 Å². The fourth-order valence-electron chi connectivity index (χ4n) is 2.79. The van der Waals surface area contributed by atoms with Gasteiger partial charge in [0, 0.05) is 31.3 Å². The van der Waals surface area contributed by atoms with Crippen LogP contribution in [0.5, 0.6) is 5.88 Å². The van der Waals surface area contributed by atoms with Crippen LogP contribution in [0.2, 0.25) is 0 Å². The highest BCUT2D eigenvalue weighted by Crippen LogP contribution is 2.41. The number of dihydropyridines is 1. The number of aromatic nitrogens is 2. The first kappa shape index (κ1) is 11.6. The van der Waals surface area contributed by atoms with E-state index in [9.17, 15) is 5.11 Å². The lowest BCUT2D eigenvalue weighted by atomic mass is 9.97. The fourth-order valence-corrected chi connectivity index (χ4v) is 2.79. The van der Waals surface area contributed by atoms with Gasteiger partial charge in [0.1, 0.15) is 17.7 Å². The zero-order chi connectivity index (χ0) is 13.7. The molecule has 1 aliphatic carbocycles. The summed E-state index contributed by atoms with van der Waals surface area (Å²) in [7, 11) is 1.87. The van der Waals surface area contributed by atoms with Gasteiger partial charge in [-0.3, -0.25) is 9.98 Å². The Morgan fingerprint density at radius 3 is 3.00 bits per heavy atom. The number of hydrogen-bond acceptors (Lipinski definition) is 4. The molecule has 1 N–H and O–H groups in total. The van der Waals surface area contributed by atoms with Crippen LogP contribution in [0, 0.1) is 5.92 Å². The van der Waals surface area contributed by atoms with Gasteiger partial charge in [0.05, 0.1) is 0 Å². The molecule has 0 radical (unpaired) electrons. The van der Waals surface area contributed by atoms with Crippen LogP contribution in [0.1, 0.15) is 30.3 Å². The van der Waals surface area contributed by atoms with Crippen LogP contribution in [0.25, 0.3) is 6.08 Å². The minimum absolute atomic E-state index is 0.0417. The maximum atomic E-state index is 10.2. The van der Waals surface area contributed by atoms with Crippen LogP contribution in [-0.2, 0) is 7.05 Å². The molecular formula is C15H16N4O. The highest BCUT2D eigenvalue weighted by atomic mass is 16.3. The van der Waals surface area contributed by atoms with Crippen LogP contribution in [0.3, 0.4) is 0 Å². The minimum atomic E-state index is -0.0417. The second-order valence-corrected chi connectivity index (χ2v) is 5.56. The molecule has 1 aromatic rings. The summed E-state index contributed by atoms with van der Waals surface area (Å²) >= 11 is 0. The van der Waals surface area contributed by atoms with Crippen molar-refractivity contribution in [2.24, 2.45) is 23.0 Å². The second kappa shape index (κ2) is 4.16. The molecule has 20 heavy (non-hydrogen) atoms. The van der Waals surface area contributed by atoms with E-state index in [1.165, 1.54) is 12.8 Å². The first-order valence-corrected chi connectivity index (χ1v) is 6.94. The maximum absolute atomic E-state index is 10.2. The third-order valence-corrected chi connectivity index (χ3v) is 4.10. The standard InChI is InChI=1S/C15H16N4O/c1-19-14(9-4-5-9)18-12(15(19)20)7-10-8-17-13-11(10)3-2-6-16-13/h2-3,6-9,11,13,20H,4-5H2,1H3. The summed E-state index contributed by atoms with van der Waals surface area (Å²) in [4.78, 5) is 13.3. The van der Waals surface area contributed by atoms with E-state index in [0.717, 1.165) is 11.4 Å². The third kappa shape index (κ3) is 1.73. The Labute approximate surface area is 117 Å². The molecule has 0 aromatic carbocycles.